The number of nitrogens with zero attached hydrogens (tertiary/aromatic N) is 4. The van der Waals surface area contributed by atoms with E-state index in [0.717, 1.165) is 24.4 Å². The number of pyridine rings is 1. The zero-order chi connectivity index (χ0) is 12.4. The largest absolute Gasteiger partial charge is 0.303 e. The van der Waals surface area contributed by atoms with Crippen molar-refractivity contribution >= 4 is 5.65 Å². The Morgan fingerprint density at radius 3 is 2.83 bits per heavy atom. The van der Waals surface area contributed by atoms with E-state index >= 15 is 0 Å². The van der Waals surface area contributed by atoms with Gasteiger partial charge in [0.15, 0.2) is 5.65 Å². The summed E-state index contributed by atoms with van der Waals surface area (Å²) in [5.74, 6) is 1.08. The molecule has 4 nitrogen and oxygen atoms in total. The van der Waals surface area contributed by atoms with Crippen molar-refractivity contribution in [3.05, 3.63) is 29.7 Å². The van der Waals surface area contributed by atoms with E-state index in [1.54, 1.807) is 0 Å². The first-order valence-electron chi connectivity index (χ1n) is 6.86. The van der Waals surface area contributed by atoms with E-state index < -0.39 is 0 Å². The van der Waals surface area contributed by atoms with Gasteiger partial charge in [0.25, 0.3) is 0 Å². The van der Waals surface area contributed by atoms with Gasteiger partial charge >= 0.3 is 0 Å². The van der Waals surface area contributed by atoms with Crippen LogP contribution in [0.4, 0.5) is 0 Å². The van der Waals surface area contributed by atoms with Crippen LogP contribution in [0.25, 0.3) is 5.65 Å². The van der Waals surface area contributed by atoms with Crippen LogP contribution in [0.3, 0.4) is 0 Å². The van der Waals surface area contributed by atoms with Gasteiger partial charge in [-0.3, -0.25) is 4.40 Å². The highest BCUT2D eigenvalue weighted by atomic mass is 15.2. The van der Waals surface area contributed by atoms with Gasteiger partial charge in [-0.2, -0.15) is 0 Å². The predicted molar refractivity (Wildman–Crippen MR) is 71.7 cm³/mol. The van der Waals surface area contributed by atoms with Crippen LogP contribution in [-0.2, 0) is 6.42 Å². The number of fused-ring (bicyclic) bond motifs is 1. The number of aromatic nitrogens is 3. The average Bonchev–Trinajstić information content (AvgIpc) is 2.82. The maximum absolute atomic E-state index is 4.33. The zero-order valence-electron chi connectivity index (χ0n) is 11.0. The third-order valence-corrected chi connectivity index (χ3v) is 3.80. The standard InChI is InChI=1S/C14H20N4/c1-12-6-5-10-18-13(15-16-14(12)18)7-11-17-8-3-2-4-9-17/h5-6,10H,2-4,7-9,11H2,1H3. The Morgan fingerprint density at radius 2 is 2.00 bits per heavy atom. The van der Waals surface area contributed by atoms with Crippen LogP contribution >= 0.6 is 0 Å². The lowest BCUT2D eigenvalue weighted by Crippen LogP contribution is -2.31. The van der Waals surface area contributed by atoms with Crippen molar-refractivity contribution in [2.45, 2.75) is 32.6 Å². The molecule has 0 unspecified atom stereocenters. The van der Waals surface area contributed by atoms with Gasteiger partial charge in [0.2, 0.25) is 0 Å². The van der Waals surface area contributed by atoms with Crippen molar-refractivity contribution in [2.24, 2.45) is 0 Å². The molecule has 1 fully saturated rings. The summed E-state index contributed by atoms with van der Waals surface area (Å²) in [4.78, 5) is 2.54. The van der Waals surface area contributed by atoms with Crippen LogP contribution in [-0.4, -0.2) is 39.1 Å². The molecule has 0 spiro atoms. The molecular formula is C14H20N4. The lowest BCUT2D eigenvalue weighted by Gasteiger charge is -2.25. The quantitative estimate of drug-likeness (QED) is 0.828. The van der Waals surface area contributed by atoms with Gasteiger partial charge < -0.3 is 4.90 Å². The van der Waals surface area contributed by atoms with Gasteiger partial charge in [-0.25, -0.2) is 0 Å². The van der Waals surface area contributed by atoms with Crippen molar-refractivity contribution in [1.82, 2.24) is 19.5 Å². The van der Waals surface area contributed by atoms with Crippen molar-refractivity contribution in [2.75, 3.05) is 19.6 Å². The van der Waals surface area contributed by atoms with E-state index in [4.69, 9.17) is 0 Å². The summed E-state index contributed by atoms with van der Waals surface area (Å²) in [7, 11) is 0. The molecule has 3 heterocycles. The molecule has 2 aromatic rings. The lowest BCUT2D eigenvalue weighted by molar-refractivity contribution is 0.230. The molecule has 1 aliphatic rings. The number of piperidine rings is 1. The Morgan fingerprint density at radius 1 is 1.17 bits per heavy atom. The molecule has 18 heavy (non-hydrogen) atoms. The summed E-state index contributed by atoms with van der Waals surface area (Å²) in [6.07, 6.45) is 7.14. The topological polar surface area (TPSA) is 33.4 Å². The van der Waals surface area contributed by atoms with E-state index in [-0.39, 0.29) is 0 Å². The third-order valence-electron chi connectivity index (χ3n) is 3.80. The Hall–Kier alpha value is -1.42. The minimum Gasteiger partial charge on any atom is -0.303 e. The Kier molecular flexibility index (Phi) is 3.28. The lowest BCUT2D eigenvalue weighted by atomic mass is 10.1. The second-order valence-electron chi connectivity index (χ2n) is 5.15. The van der Waals surface area contributed by atoms with E-state index in [9.17, 15) is 0 Å². The molecule has 1 saturated heterocycles. The smallest absolute Gasteiger partial charge is 0.163 e. The first-order valence-corrected chi connectivity index (χ1v) is 6.86. The van der Waals surface area contributed by atoms with Gasteiger partial charge in [-0.1, -0.05) is 12.5 Å². The highest BCUT2D eigenvalue weighted by molar-refractivity contribution is 5.46. The average molecular weight is 244 g/mol. The van der Waals surface area contributed by atoms with Gasteiger partial charge in [0.1, 0.15) is 5.82 Å². The number of likely N-dealkylation sites (tertiary alicyclic amines) is 1. The molecule has 3 rings (SSSR count). The summed E-state index contributed by atoms with van der Waals surface area (Å²) in [6.45, 7) is 5.68. The first kappa shape index (κ1) is 11.7. The molecular weight excluding hydrogens is 224 g/mol. The fourth-order valence-electron chi connectivity index (χ4n) is 2.71. The van der Waals surface area contributed by atoms with Crippen molar-refractivity contribution in [3.63, 3.8) is 0 Å². The fraction of sp³-hybridized carbons (Fsp3) is 0.571. The molecule has 96 valence electrons. The van der Waals surface area contributed by atoms with Gasteiger partial charge in [-0.15, -0.1) is 10.2 Å². The Labute approximate surface area is 108 Å². The van der Waals surface area contributed by atoms with Crippen LogP contribution in [0.2, 0.25) is 0 Å². The van der Waals surface area contributed by atoms with Gasteiger partial charge in [-0.05, 0) is 44.5 Å². The number of aryl methyl sites for hydroxylation is 1. The summed E-state index contributed by atoms with van der Waals surface area (Å²) in [6, 6.07) is 4.15. The number of hydrogen-bond donors (Lipinski definition) is 0. The maximum Gasteiger partial charge on any atom is 0.163 e. The van der Waals surface area contributed by atoms with E-state index in [0.29, 0.717) is 0 Å². The van der Waals surface area contributed by atoms with E-state index in [1.807, 2.05) is 0 Å². The van der Waals surface area contributed by atoms with Crippen LogP contribution in [0.15, 0.2) is 18.3 Å². The highest BCUT2D eigenvalue weighted by Gasteiger charge is 2.12. The van der Waals surface area contributed by atoms with Gasteiger partial charge in [0, 0.05) is 19.2 Å². The van der Waals surface area contributed by atoms with Crippen LogP contribution in [0, 0.1) is 6.92 Å². The summed E-state index contributed by atoms with van der Waals surface area (Å²) < 4.78 is 2.12. The molecule has 0 bridgehead atoms. The van der Waals surface area contributed by atoms with Gasteiger partial charge in [0.05, 0.1) is 0 Å². The minimum atomic E-state index is 0.991. The molecule has 0 radical (unpaired) electrons. The van der Waals surface area contributed by atoms with Crippen LogP contribution < -0.4 is 0 Å². The number of rotatable bonds is 3. The molecule has 2 aromatic heterocycles. The number of hydrogen-bond acceptors (Lipinski definition) is 3. The Balaban J connectivity index is 1.72. The first-order chi connectivity index (χ1) is 8.84. The summed E-state index contributed by atoms with van der Waals surface area (Å²) >= 11 is 0. The molecule has 0 atom stereocenters. The molecule has 1 aliphatic heterocycles. The second-order valence-corrected chi connectivity index (χ2v) is 5.15. The van der Waals surface area contributed by atoms with Crippen molar-refractivity contribution in [1.29, 1.82) is 0 Å². The molecule has 0 saturated carbocycles. The van der Waals surface area contributed by atoms with Crippen LogP contribution in [0.5, 0.6) is 0 Å². The van der Waals surface area contributed by atoms with Crippen molar-refractivity contribution in [3.8, 4) is 0 Å². The maximum atomic E-state index is 4.33. The highest BCUT2D eigenvalue weighted by Crippen LogP contribution is 2.12. The molecule has 0 N–H and O–H groups in total. The summed E-state index contributed by atoms with van der Waals surface area (Å²) in [5.41, 5.74) is 2.18. The monoisotopic (exact) mass is 244 g/mol. The van der Waals surface area contributed by atoms with E-state index in [2.05, 4.69) is 44.8 Å². The van der Waals surface area contributed by atoms with E-state index in [1.165, 1.54) is 37.9 Å². The predicted octanol–water partition coefficient (Wildman–Crippen LogP) is 2.07. The fourth-order valence-corrected chi connectivity index (χ4v) is 2.71. The normalized spacial score (nSPS) is 17.4. The SMILES string of the molecule is Cc1cccn2c(CCN3CCCCC3)nnc12. The Bertz CT molecular complexity index is 526. The zero-order valence-corrected chi connectivity index (χ0v) is 11.0. The molecule has 0 aromatic carbocycles. The molecule has 4 heteroatoms. The minimum absolute atomic E-state index is 0.991. The second kappa shape index (κ2) is 5.06. The summed E-state index contributed by atoms with van der Waals surface area (Å²) in [5, 5.41) is 8.60. The molecule has 0 amide bonds. The van der Waals surface area contributed by atoms with Crippen molar-refractivity contribution < 1.29 is 0 Å². The molecule has 0 aliphatic carbocycles. The third kappa shape index (κ3) is 2.25. The van der Waals surface area contributed by atoms with Crippen LogP contribution in [0.1, 0.15) is 30.7 Å².